The summed E-state index contributed by atoms with van der Waals surface area (Å²) in [6.07, 6.45) is 0. The summed E-state index contributed by atoms with van der Waals surface area (Å²) < 4.78 is 33.4. The van der Waals surface area contributed by atoms with Crippen molar-refractivity contribution in [3.05, 3.63) is 63.6 Å². The van der Waals surface area contributed by atoms with Crippen LogP contribution in [0.4, 0.5) is 8.78 Å². The lowest BCUT2D eigenvalue weighted by Crippen LogP contribution is -2.15. The zero-order valence-electron chi connectivity index (χ0n) is 10.2. The van der Waals surface area contributed by atoms with Gasteiger partial charge in [-0.15, -0.1) is 0 Å². The maximum atomic E-state index is 14.1. The Morgan fingerprint density at radius 3 is 2.58 bits per heavy atom. The van der Waals surface area contributed by atoms with Gasteiger partial charge in [0.15, 0.2) is 11.6 Å². The molecule has 2 N–H and O–H groups in total. The van der Waals surface area contributed by atoms with E-state index >= 15 is 0 Å². The monoisotopic (exact) mass is 327 g/mol. The number of rotatable bonds is 3. The highest BCUT2D eigenvalue weighted by molar-refractivity contribution is 9.10. The SMILES string of the molecule is COc1cccc(C(N)c2cc(Br)ccc2F)c1F. The lowest BCUT2D eigenvalue weighted by molar-refractivity contribution is 0.383. The van der Waals surface area contributed by atoms with E-state index in [0.29, 0.717) is 4.47 Å². The molecule has 5 heteroatoms. The second-order valence-corrected chi connectivity index (χ2v) is 4.92. The predicted octanol–water partition coefficient (Wildman–Crippen LogP) is 3.78. The van der Waals surface area contributed by atoms with Crippen molar-refractivity contribution in [1.82, 2.24) is 0 Å². The van der Waals surface area contributed by atoms with E-state index < -0.39 is 17.7 Å². The average molecular weight is 328 g/mol. The van der Waals surface area contributed by atoms with Crippen molar-refractivity contribution in [3.8, 4) is 5.75 Å². The van der Waals surface area contributed by atoms with Gasteiger partial charge in [-0.25, -0.2) is 8.78 Å². The average Bonchev–Trinajstić information content (AvgIpc) is 2.41. The molecule has 1 atom stereocenters. The quantitative estimate of drug-likeness (QED) is 0.931. The largest absolute Gasteiger partial charge is 0.494 e. The van der Waals surface area contributed by atoms with Crippen LogP contribution in [0.3, 0.4) is 0 Å². The Kier molecular flexibility index (Phi) is 4.17. The van der Waals surface area contributed by atoms with Gasteiger partial charge in [-0.3, -0.25) is 0 Å². The maximum absolute atomic E-state index is 14.1. The molecule has 0 amide bonds. The fourth-order valence-corrected chi connectivity index (χ4v) is 2.22. The molecule has 0 radical (unpaired) electrons. The Morgan fingerprint density at radius 2 is 1.89 bits per heavy atom. The predicted molar refractivity (Wildman–Crippen MR) is 73.1 cm³/mol. The highest BCUT2D eigenvalue weighted by Gasteiger charge is 2.19. The second kappa shape index (κ2) is 5.67. The van der Waals surface area contributed by atoms with Crippen molar-refractivity contribution in [2.24, 2.45) is 5.73 Å². The molecular weight excluding hydrogens is 316 g/mol. The molecule has 19 heavy (non-hydrogen) atoms. The highest BCUT2D eigenvalue weighted by atomic mass is 79.9. The van der Waals surface area contributed by atoms with Gasteiger partial charge in [-0.1, -0.05) is 28.1 Å². The molecule has 0 aliphatic heterocycles. The normalized spacial score (nSPS) is 12.3. The second-order valence-electron chi connectivity index (χ2n) is 4.01. The number of hydrogen-bond acceptors (Lipinski definition) is 2. The van der Waals surface area contributed by atoms with Crippen LogP contribution >= 0.6 is 15.9 Å². The number of ether oxygens (including phenoxy) is 1. The highest BCUT2D eigenvalue weighted by Crippen LogP contribution is 2.30. The summed E-state index contributed by atoms with van der Waals surface area (Å²) in [6, 6.07) is 8.12. The fourth-order valence-electron chi connectivity index (χ4n) is 1.85. The van der Waals surface area contributed by atoms with Crippen molar-refractivity contribution in [2.75, 3.05) is 7.11 Å². The zero-order valence-corrected chi connectivity index (χ0v) is 11.7. The minimum atomic E-state index is -0.896. The van der Waals surface area contributed by atoms with Crippen molar-refractivity contribution >= 4 is 15.9 Å². The number of nitrogens with two attached hydrogens (primary N) is 1. The number of methoxy groups -OCH3 is 1. The Labute approximate surface area is 118 Å². The van der Waals surface area contributed by atoms with Crippen LogP contribution in [0.2, 0.25) is 0 Å². The molecule has 0 aliphatic carbocycles. The van der Waals surface area contributed by atoms with Crippen molar-refractivity contribution in [1.29, 1.82) is 0 Å². The Bertz CT molecular complexity index is 604. The lowest BCUT2D eigenvalue weighted by atomic mass is 9.98. The summed E-state index contributed by atoms with van der Waals surface area (Å²) in [5.74, 6) is -0.960. The first-order valence-corrected chi connectivity index (χ1v) is 6.37. The van der Waals surface area contributed by atoms with Crippen molar-refractivity contribution in [2.45, 2.75) is 6.04 Å². The minimum absolute atomic E-state index is 0.0864. The number of hydrogen-bond donors (Lipinski definition) is 1. The van der Waals surface area contributed by atoms with Gasteiger partial charge in [0.1, 0.15) is 5.82 Å². The molecule has 0 aromatic heterocycles. The van der Waals surface area contributed by atoms with E-state index in [9.17, 15) is 8.78 Å². The molecule has 100 valence electrons. The first-order valence-electron chi connectivity index (χ1n) is 5.57. The van der Waals surface area contributed by atoms with Gasteiger partial charge in [-0.05, 0) is 24.3 Å². The molecule has 0 heterocycles. The van der Waals surface area contributed by atoms with Gasteiger partial charge < -0.3 is 10.5 Å². The van der Waals surface area contributed by atoms with Crippen LogP contribution in [0.25, 0.3) is 0 Å². The summed E-state index contributed by atoms with van der Waals surface area (Å²) in [4.78, 5) is 0. The summed E-state index contributed by atoms with van der Waals surface area (Å²) in [5, 5.41) is 0. The summed E-state index contributed by atoms with van der Waals surface area (Å²) in [5.41, 5.74) is 6.37. The smallest absolute Gasteiger partial charge is 0.170 e. The molecule has 0 bridgehead atoms. The van der Waals surface area contributed by atoms with Crippen molar-refractivity contribution < 1.29 is 13.5 Å². The molecule has 2 aromatic rings. The first kappa shape index (κ1) is 14.0. The first-order chi connectivity index (χ1) is 9.04. The summed E-state index contributed by atoms with van der Waals surface area (Å²) in [7, 11) is 1.37. The third-order valence-corrected chi connectivity index (χ3v) is 3.33. The van der Waals surface area contributed by atoms with Gasteiger partial charge in [-0.2, -0.15) is 0 Å². The Balaban J connectivity index is 2.50. The van der Waals surface area contributed by atoms with E-state index in [0.717, 1.165) is 0 Å². The topological polar surface area (TPSA) is 35.2 Å². The maximum Gasteiger partial charge on any atom is 0.170 e. The number of benzene rings is 2. The van der Waals surface area contributed by atoms with Crippen LogP contribution in [0.15, 0.2) is 40.9 Å². The molecule has 2 nitrogen and oxygen atoms in total. The molecule has 0 spiro atoms. The molecule has 0 saturated carbocycles. The molecule has 0 fully saturated rings. The Morgan fingerprint density at radius 1 is 1.16 bits per heavy atom. The van der Waals surface area contributed by atoms with Gasteiger partial charge >= 0.3 is 0 Å². The molecule has 2 rings (SSSR count). The molecule has 1 unspecified atom stereocenters. The van der Waals surface area contributed by atoms with Crippen LogP contribution in [0, 0.1) is 11.6 Å². The standard InChI is InChI=1S/C14H12BrF2NO/c1-19-12-4-2-3-9(13(12)17)14(18)10-7-8(15)5-6-11(10)16/h2-7,14H,18H2,1H3. The third kappa shape index (κ3) is 2.77. The van der Waals surface area contributed by atoms with E-state index in [4.69, 9.17) is 10.5 Å². The van der Waals surface area contributed by atoms with Crippen molar-refractivity contribution in [3.63, 3.8) is 0 Å². The van der Waals surface area contributed by atoms with Gasteiger partial charge in [0.05, 0.1) is 13.2 Å². The van der Waals surface area contributed by atoms with Gasteiger partial charge in [0, 0.05) is 15.6 Å². The zero-order chi connectivity index (χ0) is 14.0. The lowest BCUT2D eigenvalue weighted by Gasteiger charge is -2.16. The van der Waals surface area contributed by atoms with E-state index in [2.05, 4.69) is 15.9 Å². The number of halogens is 3. The van der Waals surface area contributed by atoms with Crippen LogP contribution in [0.1, 0.15) is 17.2 Å². The van der Waals surface area contributed by atoms with Gasteiger partial charge in [0.25, 0.3) is 0 Å². The van der Waals surface area contributed by atoms with E-state index in [1.54, 1.807) is 18.2 Å². The van der Waals surface area contributed by atoms with E-state index in [1.807, 2.05) is 0 Å². The summed E-state index contributed by atoms with van der Waals surface area (Å²) >= 11 is 3.24. The van der Waals surface area contributed by atoms with Crippen LogP contribution in [0.5, 0.6) is 5.75 Å². The fraction of sp³-hybridized carbons (Fsp3) is 0.143. The minimum Gasteiger partial charge on any atom is -0.494 e. The van der Waals surface area contributed by atoms with Crippen LogP contribution in [-0.4, -0.2) is 7.11 Å². The van der Waals surface area contributed by atoms with Crippen LogP contribution in [-0.2, 0) is 0 Å². The van der Waals surface area contributed by atoms with Gasteiger partial charge in [0.2, 0.25) is 0 Å². The molecule has 0 aliphatic rings. The summed E-state index contributed by atoms with van der Waals surface area (Å²) in [6.45, 7) is 0. The van der Waals surface area contributed by atoms with E-state index in [1.165, 1.54) is 25.3 Å². The van der Waals surface area contributed by atoms with Crippen LogP contribution < -0.4 is 10.5 Å². The third-order valence-electron chi connectivity index (χ3n) is 2.84. The Hall–Kier alpha value is -1.46. The molecule has 2 aromatic carbocycles. The van der Waals surface area contributed by atoms with E-state index in [-0.39, 0.29) is 16.9 Å². The molecular formula is C14H12BrF2NO. The molecule has 0 saturated heterocycles.